The number of benzene rings is 6. The highest BCUT2D eigenvalue weighted by Gasteiger charge is 2.37. The number of hydrogen-bond donors (Lipinski definition) is 0. The average molecular weight is 727 g/mol. The van der Waals surface area contributed by atoms with Crippen molar-refractivity contribution in [2.45, 2.75) is 70.0 Å². The molecule has 0 bridgehead atoms. The zero-order chi connectivity index (χ0) is 37.1. The minimum atomic E-state index is 0.155. The molecule has 8 aromatic rings. The maximum atomic E-state index is 2.60. The minimum absolute atomic E-state index is 0.155. The van der Waals surface area contributed by atoms with Crippen molar-refractivity contribution in [1.82, 2.24) is 14.1 Å². The van der Waals surface area contributed by atoms with Crippen LogP contribution >= 0.6 is 0 Å². The number of allylic oxidation sites excluding steroid dienone is 1. The summed E-state index contributed by atoms with van der Waals surface area (Å²) < 4.78 is 5.14. The van der Waals surface area contributed by atoms with Crippen LogP contribution in [-0.2, 0) is 32.4 Å². The molecule has 6 aromatic carbocycles. The number of anilines is 1. The molecule has 2 aromatic heterocycles. The van der Waals surface area contributed by atoms with E-state index in [-0.39, 0.29) is 6.04 Å². The van der Waals surface area contributed by atoms with Crippen LogP contribution < -0.4 is 5.01 Å². The number of rotatable bonds is 5. The van der Waals surface area contributed by atoms with Gasteiger partial charge >= 0.3 is 0 Å². The molecule has 0 N–H and O–H groups in total. The molecular formula is C52H46N4. The SMILES string of the molecule is CC1CC(c2ccc3c(c2)c2c(n3CN3c4ccccc4C(c4ccc5c6c(cccc46)CC5)N3C)C=CCC2)Cc2c1n(-c1ccccc1)c1ccccc21. The van der Waals surface area contributed by atoms with Crippen LogP contribution in [0.25, 0.3) is 44.3 Å². The number of hydrazine groups is 1. The third-order valence-electron chi connectivity index (χ3n) is 13.9. The number of aryl methyl sites for hydroxylation is 3. The summed E-state index contributed by atoms with van der Waals surface area (Å²) in [7, 11) is 2.30. The van der Waals surface area contributed by atoms with Crippen molar-refractivity contribution in [3.05, 3.63) is 184 Å². The van der Waals surface area contributed by atoms with Crippen molar-refractivity contribution in [2.24, 2.45) is 0 Å². The lowest BCUT2D eigenvalue weighted by molar-refractivity contribution is 0.262. The Morgan fingerprint density at radius 3 is 2.38 bits per heavy atom. The molecule has 274 valence electrons. The van der Waals surface area contributed by atoms with Crippen molar-refractivity contribution in [2.75, 3.05) is 12.1 Å². The van der Waals surface area contributed by atoms with Gasteiger partial charge in [0, 0.05) is 40.5 Å². The summed E-state index contributed by atoms with van der Waals surface area (Å²) >= 11 is 0. The van der Waals surface area contributed by atoms with E-state index >= 15 is 0 Å². The molecule has 3 aliphatic carbocycles. The second-order valence-corrected chi connectivity index (χ2v) is 16.8. The number of para-hydroxylation sites is 3. The van der Waals surface area contributed by atoms with Gasteiger partial charge in [0.1, 0.15) is 6.67 Å². The Hall–Kier alpha value is -5.84. The highest BCUT2D eigenvalue weighted by molar-refractivity contribution is 5.94. The van der Waals surface area contributed by atoms with Crippen LogP contribution in [0.3, 0.4) is 0 Å². The number of fused-ring (bicyclic) bond motifs is 7. The molecular weight excluding hydrogens is 681 g/mol. The topological polar surface area (TPSA) is 16.3 Å². The van der Waals surface area contributed by atoms with Crippen LogP contribution in [-0.4, -0.2) is 21.2 Å². The van der Waals surface area contributed by atoms with Crippen LogP contribution in [0.5, 0.6) is 0 Å². The summed E-state index contributed by atoms with van der Waals surface area (Å²) in [5, 5.41) is 10.8. The molecule has 0 saturated carbocycles. The lowest BCUT2D eigenvalue weighted by atomic mass is 9.77. The predicted molar refractivity (Wildman–Crippen MR) is 232 cm³/mol. The Labute approximate surface area is 328 Å². The van der Waals surface area contributed by atoms with Crippen LogP contribution in [0.4, 0.5) is 5.69 Å². The summed E-state index contributed by atoms with van der Waals surface area (Å²) in [6.45, 7) is 3.22. The summed E-state index contributed by atoms with van der Waals surface area (Å²) in [5.41, 5.74) is 18.4. The van der Waals surface area contributed by atoms with Crippen molar-refractivity contribution in [1.29, 1.82) is 0 Å². The number of aromatic nitrogens is 2. The van der Waals surface area contributed by atoms with E-state index in [4.69, 9.17) is 0 Å². The Bertz CT molecular complexity index is 2900. The van der Waals surface area contributed by atoms with Crippen LogP contribution in [0.2, 0.25) is 0 Å². The fourth-order valence-corrected chi connectivity index (χ4v) is 11.4. The lowest BCUT2D eigenvalue weighted by Crippen LogP contribution is -2.38. The Balaban J connectivity index is 0.931. The Kier molecular flexibility index (Phi) is 7.14. The van der Waals surface area contributed by atoms with Crippen molar-refractivity contribution in [3.63, 3.8) is 0 Å². The molecule has 3 unspecified atom stereocenters. The van der Waals surface area contributed by atoms with Gasteiger partial charge in [0.25, 0.3) is 0 Å². The van der Waals surface area contributed by atoms with Gasteiger partial charge < -0.3 is 9.13 Å². The molecule has 1 aliphatic heterocycles. The van der Waals surface area contributed by atoms with Crippen molar-refractivity contribution in [3.8, 4) is 5.69 Å². The lowest BCUT2D eigenvalue weighted by Gasteiger charge is -2.32. The first-order chi connectivity index (χ1) is 27.6. The molecule has 56 heavy (non-hydrogen) atoms. The molecule has 4 nitrogen and oxygen atoms in total. The molecule has 4 aliphatic rings. The zero-order valence-corrected chi connectivity index (χ0v) is 32.2. The molecule has 3 atom stereocenters. The third kappa shape index (κ3) is 4.63. The quantitative estimate of drug-likeness (QED) is 0.176. The van der Waals surface area contributed by atoms with Gasteiger partial charge in [-0.05, 0) is 137 Å². The highest BCUT2D eigenvalue weighted by Crippen LogP contribution is 2.49. The molecule has 4 heteroatoms. The summed E-state index contributed by atoms with van der Waals surface area (Å²) in [5.74, 6) is 0.927. The first-order valence-electron chi connectivity index (χ1n) is 20.7. The number of hydrogen-bond acceptors (Lipinski definition) is 2. The molecule has 12 rings (SSSR count). The molecule has 0 radical (unpaired) electrons. The van der Waals surface area contributed by atoms with E-state index in [1.807, 2.05) is 0 Å². The number of nitrogens with zero attached hydrogens (tertiary/aromatic N) is 4. The van der Waals surface area contributed by atoms with E-state index < -0.39 is 0 Å². The second-order valence-electron chi connectivity index (χ2n) is 16.8. The minimum Gasteiger partial charge on any atom is -0.321 e. The standard InChI is InChI=1S/C52H46N4/c1-33-29-37(31-45-40-17-7-11-22-49(40)56(51(33)45)38-14-4-3-5-15-38)36-26-28-47-44(30-36)39-16-6-9-20-46(39)54(47)32-55-48-21-10-8-18-43(48)52(53(55)2)42-27-25-35-24-23-34-13-12-19-41(42)50(34)35/h3-5,7-15,17-22,25-28,30,33,37,52H,6,16,23-24,29,31-32H2,1-2H3. The molecule has 0 spiro atoms. The highest BCUT2D eigenvalue weighted by atomic mass is 15.7. The van der Waals surface area contributed by atoms with E-state index in [1.54, 1.807) is 0 Å². The fraction of sp³-hybridized carbons (Fsp3) is 0.231. The first kappa shape index (κ1) is 32.4. The average Bonchev–Trinajstić information content (AvgIpc) is 3.98. The summed E-state index contributed by atoms with van der Waals surface area (Å²) in [4.78, 5) is 0. The van der Waals surface area contributed by atoms with E-state index in [1.165, 1.54) is 94.3 Å². The van der Waals surface area contributed by atoms with Gasteiger partial charge in [0.05, 0.1) is 22.8 Å². The second kappa shape index (κ2) is 12.3. The monoisotopic (exact) mass is 726 g/mol. The van der Waals surface area contributed by atoms with Crippen LogP contribution in [0.15, 0.2) is 133 Å². The zero-order valence-electron chi connectivity index (χ0n) is 32.2. The van der Waals surface area contributed by atoms with Gasteiger partial charge in [0.2, 0.25) is 0 Å². The van der Waals surface area contributed by atoms with Gasteiger partial charge in [0.15, 0.2) is 0 Å². The molecule has 3 heterocycles. The van der Waals surface area contributed by atoms with E-state index in [0.717, 1.165) is 45.2 Å². The van der Waals surface area contributed by atoms with Gasteiger partial charge in [-0.2, -0.15) is 0 Å². The van der Waals surface area contributed by atoms with Gasteiger partial charge in [-0.3, -0.25) is 5.01 Å². The van der Waals surface area contributed by atoms with E-state index in [0.29, 0.717) is 11.8 Å². The Morgan fingerprint density at radius 2 is 1.46 bits per heavy atom. The first-order valence-corrected chi connectivity index (χ1v) is 20.7. The molecule has 0 saturated heterocycles. The third-order valence-corrected chi connectivity index (χ3v) is 13.9. The maximum Gasteiger partial charge on any atom is 0.110 e. The smallest absolute Gasteiger partial charge is 0.110 e. The van der Waals surface area contributed by atoms with E-state index in [9.17, 15) is 0 Å². The van der Waals surface area contributed by atoms with E-state index in [2.05, 4.69) is 173 Å². The van der Waals surface area contributed by atoms with Crippen molar-refractivity contribution >= 4 is 44.3 Å². The van der Waals surface area contributed by atoms with Crippen LogP contribution in [0, 0.1) is 0 Å². The predicted octanol–water partition coefficient (Wildman–Crippen LogP) is 12.0. The summed E-state index contributed by atoms with van der Waals surface area (Å²) in [6.07, 6.45) is 11.5. The summed E-state index contributed by atoms with van der Waals surface area (Å²) in [6, 6.07) is 48.5. The van der Waals surface area contributed by atoms with Gasteiger partial charge in [-0.25, -0.2) is 5.01 Å². The fourth-order valence-electron chi connectivity index (χ4n) is 11.4. The van der Waals surface area contributed by atoms with Gasteiger partial charge in [-0.15, -0.1) is 0 Å². The molecule has 0 amide bonds. The normalized spacial score (nSPS) is 20.0. The van der Waals surface area contributed by atoms with Gasteiger partial charge in [-0.1, -0.05) is 104 Å². The van der Waals surface area contributed by atoms with Crippen molar-refractivity contribution < 1.29 is 0 Å². The van der Waals surface area contributed by atoms with Crippen LogP contribution in [0.1, 0.15) is 88.0 Å². The largest absolute Gasteiger partial charge is 0.321 e. The Morgan fingerprint density at radius 1 is 0.661 bits per heavy atom. The molecule has 0 fully saturated rings. The maximum absolute atomic E-state index is 2.60.